The monoisotopic (exact) mass is 308 g/mol. The van der Waals surface area contributed by atoms with Crippen LogP contribution in [0.5, 0.6) is 0 Å². The molecule has 0 amide bonds. The third-order valence-corrected chi connectivity index (χ3v) is 3.86. The number of rotatable bonds is 1. The summed E-state index contributed by atoms with van der Waals surface area (Å²) in [7, 11) is 0. The molecule has 1 aromatic heterocycles. The third-order valence-electron chi connectivity index (χ3n) is 2.80. The van der Waals surface area contributed by atoms with Gasteiger partial charge in [-0.15, -0.1) is 0 Å². The molecule has 1 saturated carbocycles. The smallest absolute Gasteiger partial charge is 0.0820 e. The molecule has 0 unspecified atom stereocenters. The first kappa shape index (κ1) is 10.4. The largest absolute Gasteiger partial charge is 0.390 e. The second-order valence-corrected chi connectivity index (χ2v) is 4.94. The van der Waals surface area contributed by atoms with Gasteiger partial charge in [0.15, 0.2) is 0 Å². The maximum atomic E-state index is 9.43. The van der Waals surface area contributed by atoms with Crippen LogP contribution in [-0.2, 0) is 0 Å². The van der Waals surface area contributed by atoms with Crippen molar-refractivity contribution in [1.82, 2.24) is 9.78 Å². The lowest BCUT2D eigenvalue weighted by Crippen LogP contribution is -2.17. The van der Waals surface area contributed by atoms with Gasteiger partial charge in [0.25, 0.3) is 0 Å². The fraction of sp³-hybridized carbons (Fsp3) is 0.667. The predicted molar refractivity (Wildman–Crippen MR) is 60.0 cm³/mol. The molecule has 0 bridgehead atoms. The Bertz CT molecular complexity index is 330. The maximum absolute atomic E-state index is 9.43. The topological polar surface area (TPSA) is 58.3 Å². The highest BCUT2D eigenvalue weighted by molar-refractivity contribution is 14.1. The minimum Gasteiger partial charge on any atom is -0.390 e. The van der Waals surface area contributed by atoms with E-state index in [0.717, 1.165) is 9.26 Å². The number of hydrogen-bond donors (Lipinski definition) is 2. The molecule has 78 valence electrons. The molecule has 1 fully saturated rings. The molecule has 5 heteroatoms. The molecule has 0 aromatic carbocycles. The van der Waals surface area contributed by atoms with Crippen LogP contribution in [0.15, 0.2) is 6.20 Å². The van der Waals surface area contributed by atoms with E-state index in [1.54, 1.807) is 0 Å². The van der Waals surface area contributed by atoms with Gasteiger partial charge < -0.3 is 10.2 Å². The first-order valence-electron chi connectivity index (χ1n) is 4.65. The first-order valence-corrected chi connectivity index (χ1v) is 5.73. The van der Waals surface area contributed by atoms with Gasteiger partial charge in [-0.25, -0.2) is 0 Å². The summed E-state index contributed by atoms with van der Waals surface area (Å²) in [5, 5.41) is 23.1. The lowest BCUT2D eigenvalue weighted by atomic mass is 10.2. The molecule has 4 nitrogen and oxygen atoms in total. The highest BCUT2D eigenvalue weighted by atomic mass is 127. The van der Waals surface area contributed by atoms with E-state index >= 15 is 0 Å². The predicted octanol–water partition coefficient (Wildman–Crippen LogP) is 0.853. The van der Waals surface area contributed by atoms with Gasteiger partial charge in [-0.1, -0.05) is 0 Å². The molecule has 1 aliphatic rings. The zero-order chi connectivity index (χ0) is 10.3. The quantitative estimate of drug-likeness (QED) is 0.756. The molecule has 0 spiro atoms. The van der Waals surface area contributed by atoms with Gasteiger partial charge in [-0.3, -0.25) is 4.68 Å². The summed E-state index contributed by atoms with van der Waals surface area (Å²) in [6.07, 6.45) is 1.81. The minimum atomic E-state index is -0.596. The van der Waals surface area contributed by atoms with Crippen molar-refractivity contribution in [2.75, 3.05) is 0 Å². The van der Waals surface area contributed by atoms with Crippen LogP contribution < -0.4 is 0 Å². The van der Waals surface area contributed by atoms with Crippen molar-refractivity contribution in [2.24, 2.45) is 0 Å². The first-order chi connectivity index (χ1) is 6.59. The highest BCUT2D eigenvalue weighted by Crippen LogP contribution is 2.31. The van der Waals surface area contributed by atoms with Crippen LogP contribution in [0.25, 0.3) is 0 Å². The summed E-state index contributed by atoms with van der Waals surface area (Å²) in [5.74, 6) is 0. The van der Waals surface area contributed by atoms with E-state index in [1.165, 1.54) is 0 Å². The van der Waals surface area contributed by atoms with Crippen molar-refractivity contribution in [3.8, 4) is 0 Å². The number of aliphatic hydroxyl groups is 2. The Kier molecular flexibility index (Phi) is 2.81. The molecular weight excluding hydrogens is 295 g/mol. The average molecular weight is 308 g/mol. The molecule has 0 radical (unpaired) electrons. The summed E-state index contributed by atoms with van der Waals surface area (Å²) >= 11 is 2.23. The standard InChI is InChI=1S/C9H13IN2O2/c1-5-7(10)4-11-12(5)6-2-8(13)9(14)3-6/h4,6,8-9,13-14H,2-3H2,1H3/t6-,8+,9-. The number of aliphatic hydroxyl groups excluding tert-OH is 2. The van der Waals surface area contributed by atoms with Gasteiger partial charge in [0, 0.05) is 5.69 Å². The zero-order valence-corrected chi connectivity index (χ0v) is 10.0. The Balaban J connectivity index is 2.21. The Labute approximate surface area is 96.1 Å². The second-order valence-electron chi connectivity index (χ2n) is 3.78. The zero-order valence-electron chi connectivity index (χ0n) is 7.89. The average Bonchev–Trinajstić information content (AvgIpc) is 2.61. The summed E-state index contributed by atoms with van der Waals surface area (Å²) in [6.45, 7) is 2.01. The molecule has 0 aliphatic heterocycles. The third kappa shape index (κ3) is 1.68. The maximum Gasteiger partial charge on any atom is 0.0820 e. The lowest BCUT2D eigenvalue weighted by molar-refractivity contribution is 0.0438. The number of hydrogen-bond acceptors (Lipinski definition) is 3. The van der Waals surface area contributed by atoms with Gasteiger partial charge in [-0.05, 0) is 42.4 Å². The van der Waals surface area contributed by atoms with E-state index in [9.17, 15) is 10.2 Å². The Morgan fingerprint density at radius 1 is 1.43 bits per heavy atom. The van der Waals surface area contributed by atoms with Crippen LogP contribution in [0.4, 0.5) is 0 Å². The second kappa shape index (κ2) is 3.79. The Morgan fingerprint density at radius 3 is 2.43 bits per heavy atom. The van der Waals surface area contributed by atoms with Crippen molar-refractivity contribution in [3.63, 3.8) is 0 Å². The van der Waals surface area contributed by atoms with Crippen LogP contribution in [0.1, 0.15) is 24.6 Å². The summed E-state index contributed by atoms with van der Waals surface area (Å²) < 4.78 is 3.03. The van der Waals surface area contributed by atoms with Crippen molar-refractivity contribution in [3.05, 3.63) is 15.5 Å². The Hall–Kier alpha value is -0.140. The highest BCUT2D eigenvalue weighted by Gasteiger charge is 2.33. The van der Waals surface area contributed by atoms with Crippen LogP contribution in [0, 0.1) is 10.5 Å². The summed E-state index contributed by atoms with van der Waals surface area (Å²) in [4.78, 5) is 0. The van der Waals surface area contributed by atoms with Crippen LogP contribution in [-0.4, -0.2) is 32.2 Å². The van der Waals surface area contributed by atoms with Crippen molar-refractivity contribution >= 4 is 22.6 Å². The fourth-order valence-corrected chi connectivity index (χ4v) is 2.31. The molecular formula is C9H13IN2O2. The van der Waals surface area contributed by atoms with Gasteiger partial charge >= 0.3 is 0 Å². The summed E-state index contributed by atoms with van der Waals surface area (Å²) in [5.41, 5.74) is 1.11. The van der Waals surface area contributed by atoms with E-state index in [1.807, 2.05) is 17.8 Å². The molecule has 2 N–H and O–H groups in total. The van der Waals surface area contributed by atoms with E-state index in [2.05, 4.69) is 27.7 Å². The molecule has 1 aromatic rings. The van der Waals surface area contributed by atoms with E-state index in [4.69, 9.17) is 0 Å². The molecule has 1 aliphatic carbocycles. The fourth-order valence-electron chi connectivity index (χ4n) is 1.94. The molecule has 1 heterocycles. The molecule has 2 rings (SSSR count). The normalized spacial score (nSPS) is 32.4. The van der Waals surface area contributed by atoms with Crippen LogP contribution >= 0.6 is 22.6 Å². The van der Waals surface area contributed by atoms with Crippen LogP contribution in [0.3, 0.4) is 0 Å². The van der Waals surface area contributed by atoms with E-state index in [-0.39, 0.29) is 6.04 Å². The Morgan fingerprint density at radius 2 is 2.00 bits per heavy atom. The van der Waals surface area contributed by atoms with Crippen LogP contribution in [0.2, 0.25) is 0 Å². The number of nitrogens with zero attached hydrogens (tertiary/aromatic N) is 2. The van der Waals surface area contributed by atoms with Gasteiger partial charge in [0.1, 0.15) is 0 Å². The van der Waals surface area contributed by atoms with Gasteiger partial charge in [-0.2, -0.15) is 5.10 Å². The molecule has 3 atom stereocenters. The number of aromatic nitrogens is 2. The lowest BCUT2D eigenvalue weighted by Gasteiger charge is -2.11. The van der Waals surface area contributed by atoms with E-state index in [0.29, 0.717) is 12.8 Å². The van der Waals surface area contributed by atoms with Crippen molar-refractivity contribution in [2.45, 2.75) is 38.0 Å². The molecule has 0 saturated heterocycles. The molecule has 14 heavy (non-hydrogen) atoms. The van der Waals surface area contributed by atoms with Crippen molar-refractivity contribution in [1.29, 1.82) is 0 Å². The van der Waals surface area contributed by atoms with Gasteiger partial charge in [0.05, 0.1) is 28.0 Å². The SMILES string of the molecule is Cc1c(I)cnn1[C@H]1C[C@@H](O)[C@@H](O)C1. The summed E-state index contributed by atoms with van der Waals surface area (Å²) in [6, 6.07) is 0.142. The van der Waals surface area contributed by atoms with E-state index < -0.39 is 12.2 Å². The number of halogens is 1. The van der Waals surface area contributed by atoms with Crippen molar-refractivity contribution < 1.29 is 10.2 Å². The minimum absolute atomic E-state index is 0.142. The van der Waals surface area contributed by atoms with Gasteiger partial charge in [0.2, 0.25) is 0 Å².